The first-order valence-electron chi connectivity index (χ1n) is 8.60. The number of nitro benzene ring substituents is 1. The van der Waals surface area contributed by atoms with Gasteiger partial charge < -0.3 is 14.5 Å². The van der Waals surface area contributed by atoms with E-state index in [9.17, 15) is 19.7 Å². The van der Waals surface area contributed by atoms with E-state index in [4.69, 9.17) is 9.15 Å². The minimum absolute atomic E-state index is 0.0506. The molecular formula is C18H18N4O6. The number of nitro groups is 1. The number of furan rings is 1. The van der Waals surface area contributed by atoms with Crippen LogP contribution in [0, 0.1) is 10.1 Å². The fourth-order valence-corrected chi connectivity index (χ4v) is 2.65. The monoisotopic (exact) mass is 386 g/mol. The Morgan fingerprint density at radius 1 is 1.29 bits per heavy atom. The number of hydrogen-bond donors (Lipinski definition) is 2. The summed E-state index contributed by atoms with van der Waals surface area (Å²) in [5.74, 6) is -0.989. The van der Waals surface area contributed by atoms with Gasteiger partial charge in [0.2, 0.25) is 0 Å². The smallest absolute Gasteiger partial charge is 0.329 e. The summed E-state index contributed by atoms with van der Waals surface area (Å²) in [4.78, 5) is 33.7. The van der Waals surface area contributed by atoms with Crippen LogP contribution in [-0.4, -0.2) is 42.2 Å². The van der Waals surface area contributed by atoms with Crippen LogP contribution >= 0.6 is 0 Å². The lowest BCUT2D eigenvalue weighted by Crippen LogP contribution is -2.41. The Morgan fingerprint density at radius 2 is 2.14 bits per heavy atom. The summed E-state index contributed by atoms with van der Waals surface area (Å²) in [7, 11) is 0. The zero-order valence-corrected chi connectivity index (χ0v) is 14.8. The van der Waals surface area contributed by atoms with Gasteiger partial charge >= 0.3 is 11.8 Å². The molecule has 28 heavy (non-hydrogen) atoms. The molecule has 1 saturated heterocycles. The van der Waals surface area contributed by atoms with Gasteiger partial charge in [0.1, 0.15) is 11.5 Å². The number of amides is 2. The maximum Gasteiger partial charge on any atom is 0.329 e. The van der Waals surface area contributed by atoms with Gasteiger partial charge in [-0.1, -0.05) is 12.1 Å². The van der Waals surface area contributed by atoms with Gasteiger partial charge in [0.25, 0.3) is 5.69 Å². The highest BCUT2D eigenvalue weighted by Crippen LogP contribution is 2.25. The van der Waals surface area contributed by atoms with Crippen LogP contribution in [0.1, 0.15) is 18.6 Å². The van der Waals surface area contributed by atoms with E-state index in [0.29, 0.717) is 23.7 Å². The van der Waals surface area contributed by atoms with Crippen LogP contribution in [0.25, 0.3) is 11.3 Å². The number of non-ortho nitro benzene ring substituents is 1. The molecule has 1 aromatic heterocycles. The van der Waals surface area contributed by atoms with Gasteiger partial charge in [0.05, 0.1) is 17.2 Å². The fraction of sp³-hybridized carbons (Fsp3) is 0.278. The summed E-state index contributed by atoms with van der Waals surface area (Å²) in [6, 6.07) is 9.21. The molecule has 10 heteroatoms. The minimum Gasteiger partial charge on any atom is -0.455 e. The number of nitrogens with one attached hydrogen (secondary N) is 2. The Hall–Kier alpha value is -3.53. The van der Waals surface area contributed by atoms with Crippen molar-refractivity contribution < 1.29 is 23.7 Å². The number of nitrogens with zero attached hydrogens (tertiary/aromatic N) is 2. The first-order valence-corrected chi connectivity index (χ1v) is 8.60. The fourth-order valence-electron chi connectivity index (χ4n) is 2.65. The topological polar surface area (TPSA) is 136 Å². The lowest BCUT2D eigenvalue weighted by molar-refractivity contribution is -0.384. The lowest BCUT2D eigenvalue weighted by Gasteiger charge is -2.09. The molecule has 0 unspecified atom stereocenters. The Kier molecular flexibility index (Phi) is 6.12. The van der Waals surface area contributed by atoms with E-state index in [1.165, 1.54) is 18.3 Å². The zero-order chi connectivity index (χ0) is 19.9. The van der Waals surface area contributed by atoms with Gasteiger partial charge in [-0.15, -0.1) is 0 Å². The van der Waals surface area contributed by atoms with E-state index >= 15 is 0 Å². The zero-order valence-electron chi connectivity index (χ0n) is 14.8. The molecule has 1 fully saturated rings. The van der Waals surface area contributed by atoms with Crippen molar-refractivity contribution in [2.75, 3.05) is 13.2 Å². The normalized spacial score (nSPS) is 16.2. The maximum atomic E-state index is 11.7. The predicted molar refractivity (Wildman–Crippen MR) is 98.5 cm³/mol. The van der Waals surface area contributed by atoms with E-state index < -0.39 is 16.7 Å². The number of hydrogen-bond acceptors (Lipinski definition) is 7. The first kappa shape index (κ1) is 19.2. The van der Waals surface area contributed by atoms with Crippen LogP contribution in [0.5, 0.6) is 0 Å². The second kappa shape index (κ2) is 8.91. The highest BCUT2D eigenvalue weighted by atomic mass is 16.6. The molecule has 0 radical (unpaired) electrons. The third-order valence-corrected chi connectivity index (χ3v) is 4.05. The number of hydrazone groups is 1. The Bertz CT molecular complexity index is 901. The molecule has 2 amide bonds. The molecule has 2 heterocycles. The lowest BCUT2D eigenvalue weighted by atomic mass is 10.1. The molecule has 146 valence electrons. The van der Waals surface area contributed by atoms with Crippen LogP contribution in [0.15, 0.2) is 45.9 Å². The second-order valence-electron chi connectivity index (χ2n) is 6.05. The van der Waals surface area contributed by atoms with Crippen LogP contribution in [-0.2, 0) is 14.3 Å². The second-order valence-corrected chi connectivity index (χ2v) is 6.05. The Morgan fingerprint density at radius 3 is 2.89 bits per heavy atom. The van der Waals surface area contributed by atoms with Gasteiger partial charge in [-0.2, -0.15) is 5.10 Å². The number of benzene rings is 1. The van der Waals surface area contributed by atoms with Gasteiger partial charge in [-0.05, 0) is 25.0 Å². The standard InChI is InChI=1S/C18H18N4O6/c23-17(19-10-14-5-2-8-27-14)18(24)21-20-11-15-6-7-16(28-15)12-3-1-4-13(9-12)22(25)26/h1,3-4,6-7,9,11,14H,2,5,8,10H2,(H,19,23)(H,21,24)/b20-11+/t14-/m1/s1. The minimum atomic E-state index is -0.903. The van der Waals surface area contributed by atoms with Crippen molar-refractivity contribution in [2.24, 2.45) is 5.10 Å². The molecule has 1 aromatic carbocycles. The molecule has 1 atom stereocenters. The van der Waals surface area contributed by atoms with E-state index in [2.05, 4.69) is 15.8 Å². The van der Waals surface area contributed by atoms with Crippen molar-refractivity contribution in [1.82, 2.24) is 10.7 Å². The number of ether oxygens (including phenoxy) is 1. The van der Waals surface area contributed by atoms with Crippen molar-refractivity contribution in [3.63, 3.8) is 0 Å². The highest BCUT2D eigenvalue weighted by molar-refractivity contribution is 6.35. The molecule has 0 aliphatic carbocycles. The highest BCUT2D eigenvalue weighted by Gasteiger charge is 2.19. The van der Waals surface area contributed by atoms with Crippen molar-refractivity contribution >= 4 is 23.7 Å². The summed E-state index contributed by atoms with van der Waals surface area (Å²) in [6.07, 6.45) is 2.96. The molecule has 3 rings (SSSR count). The first-order chi connectivity index (χ1) is 13.5. The molecule has 10 nitrogen and oxygen atoms in total. The van der Waals surface area contributed by atoms with E-state index in [1.54, 1.807) is 24.3 Å². The van der Waals surface area contributed by atoms with Gasteiger partial charge in [0.15, 0.2) is 0 Å². The molecule has 2 aromatic rings. The van der Waals surface area contributed by atoms with Gasteiger partial charge in [0, 0.05) is 30.8 Å². The van der Waals surface area contributed by atoms with E-state index in [-0.39, 0.29) is 18.3 Å². The Balaban J connectivity index is 1.52. The van der Waals surface area contributed by atoms with E-state index in [1.807, 2.05) is 0 Å². The summed E-state index contributed by atoms with van der Waals surface area (Å²) in [5.41, 5.74) is 2.59. The van der Waals surface area contributed by atoms with Gasteiger partial charge in [-0.3, -0.25) is 19.7 Å². The van der Waals surface area contributed by atoms with Crippen molar-refractivity contribution in [3.05, 3.63) is 52.3 Å². The molecule has 0 bridgehead atoms. The third-order valence-electron chi connectivity index (χ3n) is 4.05. The predicted octanol–water partition coefficient (Wildman–Crippen LogP) is 1.60. The number of carbonyl (C=O) groups excluding carboxylic acids is 2. The molecular weight excluding hydrogens is 368 g/mol. The van der Waals surface area contributed by atoms with Gasteiger partial charge in [-0.25, -0.2) is 5.43 Å². The van der Waals surface area contributed by atoms with Crippen LogP contribution in [0.3, 0.4) is 0 Å². The van der Waals surface area contributed by atoms with Crippen LogP contribution in [0.2, 0.25) is 0 Å². The maximum absolute atomic E-state index is 11.7. The largest absolute Gasteiger partial charge is 0.455 e. The SMILES string of the molecule is O=C(NC[C@H]1CCCO1)C(=O)N/N=C/c1ccc(-c2cccc([N+](=O)[O-])c2)o1. The average Bonchev–Trinajstić information content (AvgIpc) is 3.38. The molecule has 0 spiro atoms. The van der Waals surface area contributed by atoms with Crippen molar-refractivity contribution in [1.29, 1.82) is 0 Å². The summed E-state index contributed by atoms with van der Waals surface area (Å²) >= 11 is 0. The van der Waals surface area contributed by atoms with Crippen LogP contribution < -0.4 is 10.7 Å². The Labute approximate surface area is 159 Å². The number of carbonyl (C=O) groups is 2. The molecule has 1 aliphatic rings. The van der Waals surface area contributed by atoms with Crippen molar-refractivity contribution in [3.8, 4) is 11.3 Å². The summed E-state index contributed by atoms with van der Waals surface area (Å²) in [6.45, 7) is 0.944. The molecule has 2 N–H and O–H groups in total. The van der Waals surface area contributed by atoms with E-state index in [0.717, 1.165) is 12.8 Å². The van der Waals surface area contributed by atoms with Crippen LogP contribution in [0.4, 0.5) is 5.69 Å². The quantitative estimate of drug-likeness (QED) is 0.335. The molecule has 1 aliphatic heterocycles. The summed E-state index contributed by atoms with van der Waals surface area (Å²) in [5, 5.41) is 17.0. The van der Waals surface area contributed by atoms with Crippen molar-refractivity contribution in [2.45, 2.75) is 18.9 Å². The summed E-state index contributed by atoms with van der Waals surface area (Å²) < 4.78 is 10.9. The number of rotatable bonds is 6. The third kappa shape index (κ3) is 5.01. The molecule has 0 saturated carbocycles. The average molecular weight is 386 g/mol.